The molecule has 1 aliphatic heterocycles. The molecule has 1 aromatic carbocycles. The second kappa shape index (κ2) is 6.19. The van der Waals surface area contributed by atoms with Gasteiger partial charge in [-0.25, -0.2) is 9.18 Å². The third-order valence-electron chi connectivity index (χ3n) is 3.78. The summed E-state index contributed by atoms with van der Waals surface area (Å²) in [7, 11) is 0. The maximum absolute atomic E-state index is 14.2. The molecule has 0 aromatic heterocycles. The number of nitrogens with zero attached hydrogens (tertiary/aromatic N) is 1. The van der Waals surface area contributed by atoms with Crippen LogP contribution in [0.15, 0.2) is 16.6 Å². The minimum absolute atomic E-state index is 0.0102. The van der Waals surface area contributed by atoms with E-state index < -0.39 is 11.7 Å². The Balaban J connectivity index is 2.49. The minimum atomic E-state index is -0.583. The van der Waals surface area contributed by atoms with Gasteiger partial charge in [-0.3, -0.25) is 4.90 Å². The van der Waals surface area contributed by atoms with Gasteiger partial charge in [-0.05, 0) is 51.7 Å². The predicted molar refractivity (Wildman–Crippen MR) is 89.8 cm³/mol. The smallest absolute Gasteiger partial charge is 0.415 e. The van der Waals surface area contributed by atoms with Crippen LogP contribution < -0.4 is 4.90 Å². The van der Waals surface area contributed by atoms with E-state index in [1.54, 1.807) is 11.0 Å². The van der Waals surface area contributed by atoms with Crippen LogP contribution in [0.3, 0.4) is 0 Å². The van der Waals surface area contributed by atoms with E-state index in [1.807, 2.05) is 20.8 Å². The lowest BCUT2D eigenvalue weighted by Gasteiger charge is -2.40. The molecule has 0 spiro atoms. The van der Waals surface area contributed by atoms with Gasteiger partial charge in [0, 0.05) is 16.1 Å². The molecule has 0 N–H and O–H groups in total. The van der Waals surface area contributed by atoms with Crippen molar-refractivity contribution in [2.45, 2.75) is 59.1 Å². The van der Waals surface area contributed by atoms with E-state index in [4.69, 9.17) is 4.74 Å². The van der Waals surface area contributed by atoms with Crippen molar-refractivity contribution >= 4 is 27.7 Å². The van der Waals surface area contributed by atoms with Crippen molar-refractivity contribution in [2.24, 2.45) is 5.92 Å². The largest absolute Gasteiger partial charge is 0.443 e. The van der Waals surface area contributed by atoms with Crippen LogP contribution in [0.1, 0.15) is 46.6 Å². The fourth-order valence-electron chi connectivity index (χ4n) is 2.83. The molecule has 0 saturated carbocycles. The van der Waals surface area contributed by atoms with Crippen molar-refractivity contribution in [1.82, 2.24) is 0 Å². The standard InChI is InChI=1S/C17H23BrFNO2/c1-10(2)14-7-6-12-13(19)8-11(18)9-15(12)20(14)16(21)22-17(3,4)5/h8-10,14H,6-7H2,1-5H3. The fraction of sp³-hybridized carbons (Fsp3) is 0.588. The summed E-state index contributed by atoms with van der Waals surface area (Å²) in [6.07, 6.45) is 0.962. The quantitative estimate of drug-likeness (QED) is 0.670. The maximum atomic E-state index is 14.2. The molecule has 5 heteroatoms. The van der Waals surface area contributed by atoms with E-state index in [0.29, 0.717) is 22.1 Å². The predicted octanol–water partition coefficient (Wildman–Crippen LogP) is 5.30. The van der Waals surface area contributed by atoms with Gasteiger partial charge in [-0.15, -0.1) is 0 Å². The molecule has 1 atom stereocenters. The molecule has 1 aromatic rings. The zero-order valence-corrected chi connectivity index (χ0v) is 15.3. The van der Waals surface area contributed by atoms with Gasteiger partial charge in [0.25, 0.3) is 0 Å². The number of anilines is 1. The number of amides is 1. The summed E-state index contributed by atoms with van der Waals surface area (Å²) in [5.41, 5.74) is 0.623. The van der Waals surface area contributed by atoms with Crippen LogP contribution in [0.2, 0.25) is 0 Å². The molecule has 1 amide bonds. The van der Waals surface area contributed by atoms with Gasteiger partial charge in [0.1, 0.15) is 11.4 Å². The summed E-state index contributed by atoms with van der Waals surface area (Å²) < 4.78 is 20.4. The van der Waals surface area contributed by atoms with Crippen LogP contribution in [-0.4, -0.2) is 17.7 Å². The van der Waals surface area contributed by atoms with Crippen molar-refractivity contribution in [2.75, 3.05) is 4.90 Å². The Labute approximate surface area is 140 Å². The highest BCUT2D eigenvalue weighted by molar-refractivity contribution is 9.10. The fourth-order valence-corrected chi connectivity index (χ4v) is 3.25. The zero-order valence-electron chi connectivity index (χ0n) is 13.7. The number of carbonyl (C=O) groups is 1. The van der Waals surface area contributed by atoms with E-state index in [2.05, 4.69) is 29.8 Å². The summed E-state index contributed by atoms with van der Waals surface area (Å²) in [6.45, 7) is 9.65. The first-order valence-corrected chi connectivity index (χ1v) is 8.39. The van der Waals surface area contributed by atoms with Gasteiger partial charge in [0.05, 0.1) is 5.69 Å². The van der Waals surface area contributed by atoms with E-state index >= 15 is 0 Å². The summed E-state index contributed by atoms with van der Waals surface area (Å²) in [4.78, 5) is 14.3. The van der Waals surface area contributed by atoms with Crippen molar-refractivity contribution in [3.8, 4) is 0 Å². The molecule has 0 saturated heterocycles. The van der Waals surface area contributed by atoms with E-state index in [0.717, 1.165) is 6.42 Å². The topological polar surface area (TPSA) is 29.5 Å². The number of carbonyl (C=O) groups excluding carboxylic acids is 1. The molecule has 1 aliphatic rings. The van der Waals surface area contributed by atoms with Gasteiger partial charge in [-0.1, -0.05) is 29.8 Å². The molecule has 3 nitrogen and oxygen atoms in total. The maximum Gasteiger partial charge on any atom is 0.415 e. The number of benzene rings is 1. The number of halogens is 2. The molecule has 0 radical (unpaired) electrons. The molecular weight excluding hydrogens is 349 g/mol. The molecule has 2 rings (SSSR count). The first-order chi connectivity index (χ1) is 10.1. The Bertz CT molecular complexity index is 581. The first-order valence-electron chi connectivity index (χ1n) is 7.60. The van der Waals surface area contributed by atoms with Gasteiger partial charge in [-0.2, -0.15) is 0 Å². The Morgan fingerprint density at radius 3 is 2.59 bits per heavy atom. The average Bonchev–Trinajstić information content (AvgIpc) is 2.34. The highest BCUT2D eigenvalue weighted by Gasteiger charge is 2.36. The molecule has 1 unspecified atom stereocenters. The van der Waals surface area contributed by atoms with Gasteiger partial charge >= 0.3 is 6.09 Å². The number of hydrogen-bond acceptors (Lipinski definition) is 2. The third kappa shape index (κ3) is 3.62. The number of hydrogen-bond donors (Lipinski definition) is 0. The Kier molecular flexibility index (Phi) is 4.85. The third-order valence-corrected chi connectivity index (χ3v) is 4.24. The molecule has 0 aliphatic carbocycles. The van der Waals surface area contributed by atoms with Gasteiger partial charge in [0.2, 0.25) is 0 Å². The first kappa shape index (κ1) is 17.3. The van der Waals surface area contributed by atoms with Crippen molar-refractivity contribution in [1.29, 1.82) is 0 Å². The summed E-state index contributed by atoms with van der Waals surface area (Å²) in [5.74, 6) is -0.0112. The summed E-state index contributed by atoms with van der Waals surface area (Å²) in [6, 6.07) is 3.26. The van der Waals surface area contributed by atoms with Crippen molar-refractivity contribution < 1.29 is 13.9 Å². The minimum Gasteiger partial charge on any atom is -0.443 e. The van der Waals surface area contributed by atoms with E-state index in [9.17, 15) is 9.18 Å². The highest BCUT2D eigenvalue weighted by Crippen LogP contribution is 2.38. The number of ether oxygens (including phenoxy) is 1. The highest BCUT2D eigenvalue weighted by atomic mass is 79.9. The second-order valence-electron chi connectivity index (χ2n) is 7.09. The Hall–Kier alpha value is -1.10. The summed E-state index contributed by atoms with van der Waals surface area (Å²) >= 11 is 3.32. The lowest BCUT2D eigenvalue weighted by molar-refractivity contribution is 0.0550. The van der Waals surface area contributed by atoms with Crippen molar-refractivity contribution in [3.63, 3.8) is 0 Å². The molecule has 1 heterocycles. The molecule has 22 heavy (non-hydrogen) atoms. The second-order valence-corrected chi connectivity index (χ2v) is 8.00. The lowest BCUT2D eigenvalue weighted by atomic mass is 9.89. The van der Waals surface area contributed by atoms with Crippen LogP contribution in [0.4, 0.5) is 14.9 Å². The Morgan fingerprint density at radius 2 is 2.05 bits per heavy atom. The van der Waals surface area contributed by atoms with Crippen LogP contribution in [0.25, 0.3) is 0 Å². The zero-order chi connectivity index (χ0) is 16.7. The molecule has 0 bridgehead atoms. The lowest BCUT2D eigenvalue weighted by Crippen LogP contribution is -2.48. The summed E-state index contributed by atoms with van der Waals surface area (Å²) in [5, 5.41) is 0. The molecule has 122 valence electrons. The van der Waals surface area contributed by atoms with E-state index in [-0.39, 0.29) is 17.8 Å². The Morgan fingerprint density at radius 1 is 1.41 bits per heavy atom. The van der Waals surface area contributed by atoms with Crippen LogP contribution in [-0.2, 0) is 11.2 Å². The average molecular weight is 372 g/mol. The normalized spacial score (nSPS) is 18.4. The number of fused-ring (bicyclic) bond motifs is 1. The van der Waals surface area contributed by atoms with Crippen LogP contribution >= 0.6 is 15.9 Å². The van der Waals surface area contributed by atoms with Gasteiger partial charge < -0.3 is 4.74 Å². The molecule has 0 fully saturated rings. The van der Waals surface area contributed by atoms with Crippen LogP contribution in [0.5, 0.6) is 0 Å². The molecular formula is C17H23BrFNO2. The SMILES string of the molecule is CC(C)C1CCc2c(F)cc(Br)cc2N1C(=O)OC(C)(C)C. The van der Waals surface area contributed by atoms with E-state index in [1.165, 1.54) is 6.07 Å². The number of rotatable bonds is 1. The monoisotopic (exact) mass is 371 g/mol. The van der Waals surface area contributed by atoms with Gasteiger partial charge in [0.15, 0.2) is 0 Å². The van der Waals surface area contributed by atoms with Crippen molar-refractivity contribution in [3.05, 3.63) is 28.0 Å². The van der Waals surface area contributed by atoms with Crippen LogP contribution in [0, 0.1) is 11.7 Å².